The SMILES string of the molecule is CN(Cc1ccc(C=O)cc1)S(C)(=O)=O. The predicted molar refractivity (Wildman–Crippen MR) is 58.1 cm³/mol. The number of rotatable bonds is 4. The number of sulfonamides is 1. The van der Waals surface area contributed by atoms with Gasteiger partial charge in [0.25, 0.3) is 0 Å². The van der Waals surface area contributed by atoms with E-state index in [1.54, 1.807) is 24.3 Å². The minimum absolute atomic E-state index is 0.317. The molecule has 0 amide bonds. The van der Waals surface area contributed by atoms with Crippen LogP contribution in [0.15, 0.2) is 24.3 Å². The zero-order valence-electron chi connectivity index (χ0n) is 8.67. The first kappa shape index (κ1) is 11.9. The molecule has 0 aliphatic heterocycles. The first-order valence-corrected chi connectivity index (χ1v) is 6.24. The Balaban J connectivity index is 2.78. The van der Waals surface area contributed by atoms with Gasteiger partial charge in [0, 0.05) is 19.2 Å². The molecule has 15 heavy (non-hydrogen) atoms. The minimum atomic E-state index is -3.15. The second-order valence-electron chi connectivity index (χ2n) is 3.38. The summed E-state index contributed by atoms with van der Waals surface area (Å²) in [6.45, 7) is 0.317. The fourth-order valence-corrected chi connectivity index (χ4v) is 1.46. The molecule has 0 spiro atoms. The van der Waals surface area contributed by atoms with Gasteiger partial charge in [-0.05, 0) is 5.56 Å². The molecule has 0 fully saturated rings. The fraction of sp³-hybridized carbons (Fsp3) is 0.300. The molecule has 0 aromatic heterocycles. The highest BCUT2D eigenvalue weighted by molar-refractivity contribution is 7.88. The van der Waals surface area contributed by atoms with Crippen LogP contribution in [0.2, 0.25) is 0 Å². The van der Waals surface area contributed by atoms with Crippen LogP contribution in [0.4, 0.5) is 0 Å². The van der Waals surface area contributed by atoms with Gasteiger partial charge in [-0.2, -0.15) is 0 Å². The van der Waals surface area contributed by atoms with Crippen molar-refractivity contribution in [2.24, 2.45) is 0 Å². The van der Waals surface area contributed by atoms with E-state index in [4.69, 9.17) is 0 Å². The highest BCUT2D eigenvalue weighted by Crippen LogP contribution is 2.07. The molecule has 0 N–H and O–H groups in total. The molecule has 1 aromatic rings. The van der Waals surface area contributed by atoms with Crippen molar-refractivity contribution in [1.82, 2.24) is 4.31 Å². The highest BCUT2D eigenvalue weighted by Gasteiger charge is 2.10. The maximum absolute atomic E-state index is 11.1. The number of carbonyl (C=O) groups is 1. The van der Waals surface area contributed by atoms with E-state index < -0.39 is 10.0 Å². The summed E-state index contributed by atoms with van der Waals surface area (Å²) in [6.07, 6.45) is 1.91. The Morgan fingerprint density at radius 3 is 2.20 bits per heavy atom. The van der Waals surface area contributed by atoms with Gasteiger partial charge in [0.05, 0.1) is 6.26 Å². The van der Waals surface area contributed by atoms with Crippen LogP contribution in [0.1, 0.15) is 15.9 Å². The van der Waals surface area contributed by atoms with Crippen molar-refractivity contribution < 1.29 is 13.2 Å². The molecule has 0 heterocycles. The zero-order valence-corrected chi connectivity index (χ0v) is 9.49. The molecular formula is C10H13NO3S. The molecule has 0 aliphatic carbocycles. The van der Waals surface area contributed by atoms with Gasteiger partial charge >= 0.3 is 0 Å². The van der Waals surface area contributed by atoms with Gasteiger partial charge in [0.15, 0.2) is 0 Å². The van der Waals surface area contributed by atoms with E-state index in [0.29, 0.717) is 12.1 Å². The van der Waals surface area contributed by atoms with Crippen LogP contribution in [0.5, 0.6) is 0 Å². The van der Waals surface area contributed by atoms with Crippen molar-refractivity contribution in [1.29, 1.82) is 0 Å². The van der Waals surface area contributed by atoms with Gasteiger partial charge in [-0.25, -0.2) is 12.7 Å². The van der Waals surface area contributed by atoms with Gasteiger partial charge in [0.2, 0.25) is 10.0 Å². The van der Waals surface area contributed by atoms with E-state index >= 15 is 0 Å². The Labute approximate surface area is 89.6 Å². The highest BCUT2D eigenvalue weighted by atomic mass is 32.2. The van der Waals surface area contributed by atoms with Gasteiger partial charge in [-0.1, -0.05) is 24.3 Å². The first-order valence-electron chi connectivity index (χ1n) is 4.39. The van der Waals surface area contributed by atoms with Gasteiger partial charge in [-0.15, -0.1) is 0 Å². The lowest BCUT2D eigenvalue weighted by Gasteiger charge is -2.13. The minimum Gasteiger partial charge on any atom is -0.298 e. The van der Waals surface area contributed by atoms with Crippen LogP contribution in [0.25, 0.3) is 0 Å². The molecule has 0 saturated heterocycles. The van der Waals surface area contributed by atoms with E-state index in [9.17, 15) is 13.2 Å². The first-order chi connectivity index (χ1) is 6.93. The van der Waals surface area contributed by atoms with Crippen LogP contribution in [0.3, 0.4) is 0 Å². The summed E-state index contributed by atoms with van der Waals surface area (Å²) in [5.41, 5.74) is 1.44. The molecule has 0 aliphatic rings. The van der Waals surface area contributed by atoms with Gasteiger partial charge in [0.1, 0.15) is 6.29 Å². The molecule has 0 atom stereocenters. The molecule has 82 valence electrons. The maximum Gasteiger partial charge on any atom is 0.211 e. The lowest BCUT2D eigenvalue weighted by atomic mass is 10.1. The normalized spacial score (nSPS) is 11.7. The number of carbonyl (C=O) groups excluding carboxylic acids is 1. The molecule has 5 heteroatoms. The third kappa shape index (κ3) is 3.45. The monoisotopic (exact) mass is 227 g/mol. The average Bonchev–Trinajstić information content (AvgIpc) is 2.17. The molecule has 1 aromatic carbocycles. The molecule has 0 unspecified atom stereocenters. The Morgan fingerprint density at radius 2 is 1.80 bits per heavy atom. The molecule has 1 rings (SSSR count). The second kappa shape index (κ2) is 4.55. The number of nitrogens with zero attached hydrogens (tertiary/aromatic N) is 1. The Bertz CT molecular complexity index is 436. The summed E-state index contributed by atoms with van der Waals surface area (Å²) in [4.78, 5) is 10.4. The number of hydrogen-bond acceptors (Lipinski definition) is 3. The molecular weight excluding hydrogens is 214 g/mol. The van der Waals surface area contributed by atoms with Crippen LogP contribution in [-0.4, -0.2) is 32.3 Å². The largest absolute Gasteiger partial charge is 0.298 e. The fourth-order valence-electron chi connectivity index (χ4n) is 1.08. The quantitative estimate of drug-likeness (QED) is 0.718. The van der Waals surface area contributed by atoms with Crippen molar-refractivity contribution in [3.05, 3.63) is 35.4 Å². The van der Waals surface area contributed by atoms with E-state index in [0.717, 1.165) is 18.1 Å². The summed E-state index contributed by atoms with van der Waals surface area (Å²) in [5.74, 6) is 0. The zero-order chi connectivity index (χ0) is 11.5. The van der Waals surface area contributed by atoms with Crippen molar-refractivity contribution >= 4 is 16.3 Å². The summed E-state index contributed by atoms with van der Waals surface area (Å²) in [5, 5.41) is 0. The standard InChI is InChI=1S/C10H13NO3S/c1-11(15(2,13)14)7-9-3-5-10(8-12)6-4-9/h3-6,8H,7H2,1-2H3. The van der Waals surface area contributed by atoms with Gasteiger partial charge in [-0.3, -0.25) is 4.79 Å². The summed E-state index contributed by atoms with van der Waals surface area (Å²) in [6, 6.07) is 6.81. The van der Waals surface area contributed by atoms with Gasteiger partial charge < -0.3 is 0 Å². The van der Waals surface area contributed by atoms with E-state index in [2.05, 4.69) is 0 Å². The summed E-state index contributed by atoms with van der Waals surface area (Å²) >= 11 is 0. The molecule has 0 saturated carbocycles. The Hall–Kier alpha value is -1.20. The van der Waals surface area contributed by atoms with Crippen LogP contribution in [-0.2, 0) is 16.6 Å². The molecule has 0 radical (unpaired) electrons. The third-order valence-electron chi connectivity index (χ3n) is 2.09. The smallest absolute Gasteiger partial charge is 0.211 e. The maximum atomic E-state index is 11.1. The topological polar surface area (TPSA) is 54.5 Å². The lowest BCUT2D eigenvalue weighted by Crippen LogP contribution is -2.24. The molecule has 4 nitrogen and oxygen atoms in total. The summed E-state index contributed by atoms with van der Waals surface area (Å²) in [7, 11) is -1.64. The van der Waals surface area contributed by atoms with E-state index in [1.807, 2.05) is 0 Å². The van der Waals surface area contributed by atoms with E-state index in [1.165, 1.54) is 11.4 Å². The van der Waals surface area contributed by atoms with Crippen LogP contribution in [0, 0.1) is 0 Å². The third-order valence-corrected chi connectivity index (χ3v) is 3.35. The van der Waals surface area contributed by atoms with Crippen molar-refractivity contribution in [2.75, 3.05) is 13.3 Å². The van der Waals surface area contributed by atoms with Crippen LogP contribution >= 0.6 is 0 Å². The number of benzene rings is 1. The second-order valence-corrected chi connectivity index (χ2v) is 5.47. The Kier molecular flexibility index (Phi) is 3.60. The Morgan fingerprint density at radius 1 is 1.27 bits per heavy atom. The van der Waals surface area contributed by atoms with E-state index in [-0.39, 0.29) is 0 Å². The van der Waals surface area contributed by atoms with Crippen molar-refractivity contribution in [3.8, 4) is 0 Å². The predicted octanol–water partition coefficient (Wildman–Crippen LogP) is 0.891. The molecule has 0 bridgehead atoms. The van der Waals surface area contributed by atoms with Crippen molar-refractivity contribution in [3.63, 3.8) is 0 Å². The van der Waals surface area contributed by atoms with Crippen LogP contribution < -0.4 is 0 Å². The van der Waals surface area contributed by atoms with Crippen molar-refractivity contribution in [2.45, 2.75) is 6.54 Å². The average molecular weight is 227 g/mol. The summed E-state index contributed by atoms with van der Waals surface area (Å²) < 4.78 is 23.5. The lowest BCUT2D eigenvalue weighted by molar-refractivity contribution is 0.112. The number of hydrogen-bond donors (Lipinski definition) is 0. The number of aldehydes is 1.